The number of hydrogen-bond acceptors (Lipinski definition) is 4. The van der Waals surface area contributed by atoms with Crippen LogP contribution in [0.3, 0.4) is 0 Å². The van der Waals surface area contributed by atoms with Gasteiger partial charge in [0.05, 0.1) is 7.11 Å². The quantitative estimate of drug-likeness (QED) is 0.486. The first kappa shape index (κ1) is 12.8. The molecule has 1 aromatic carbocycles. The van der Waals surface area contributed by atoms with Gasteiger partial charge in [-0.15, -0.1) is 0 Å². The van der Waals surface area contributed by atoms with Gasteiger partial charge < -0.3 is 15.8 Å². The minimum absolute atomic E-state index is 0.143. The van der Waals surface area contributed by atoms with Crippen molar-refractivity contribution < 1.29 is 14.3 Å². The number of nitrogens with one attached hydrogen (secondary N) is 1. The SMILES string of the molecule is COC(=O)CNC(=O)c1ccc(N)c(I)c1. The molecule has 6 heteroatoms. The lowest BCUT2D eigenvalue weighted by molar-refractivity contribution is -0.139. The number of hydrogen-bond donors (Lipinski definition) is 2. The standard InChI is InChI=1S/C10H11IN2O3/c1-16-9(14)5-13-10(15)6-2-3-8(12)7(11)4-6/h2-4H,5,12H2,1H3,(H,13,15). The molecule has 0 heterocycles. The lowest BCUT2D eigenvalue weighted by atomic mass is 10.2. The molecule has 3 N–H and O–H groups in total. The average molecular weight is 334 g/mol. The summed E-state index contributed by atoms with van der Waals surface area (Å²) >= 11 is 2.04. The number of carbonyl (C=O) groups is 2. The first-order chi connectivity index (χ1) is 7.54. The molecule has 0 atom stereocenters. The number of amides is 1. The van der Waals surface area contributed by atoms with Crippen LogP contribution >= 0.6 is 22.6 Å². The molecule has 16 heavy (non-hydrogen) atoms. The van der Waals surface area contributed by atoms with Crippen LogP contribution in [0.25, 0.3) is 0 Å². The number of halogens is 1. The highest BCUT2D eigenvalue weighted by Crippen LogP contribution is 2.15. The molecular formula is C10H11IN2O3. The van der Waals surface area contributed by atoms with Crippen LogP contribution in [0.1, 0.15) is 10.4 Å². The number of esters is 1. The van der Waals surface area contributed by atoms with Crippen molar-refractivity contribution in [3.05, 3.63) is 27.3 Å². The highest BCUT2D eigenvalue weighted by molar-refractivity contribution is 14.1. The minimum Gasteiger partial charge on any atom is -0.468 e. The Morgan fingerprint density at radius 2 is 2.19 bits per heavy atom. The van der Waals surface area contributed by atoms with E-state index in [0.717, 1.165) is 3.57 Å². The number of carbonyl (C=O) groups excluding carboxylic acids is 2. The van der Waals surface area contributed by atoms with Gasteiger partial charge in [-0.25, -0.2) is 0 Å². The van der Waals surface area contributed by atoms with E-state index in [-0.39, 0.29) is 12.5 Å². The summed E-state index contributed by atoms with van der Waals surface area (Å²) in [5, 5.41) is 2.44. The molecule has 0 aliphatic heterocycles. The Balaban J connectivity index is 2.66. The highest BCUT2D eigenvalue weighted by atomic mass is 127. The van der Waals surface area contributed by atoms with Crippen molar-refractivity contribution >= 4 is 40.2 Å². The zero-order chi connectivity index (χ0) is 12.1. The fraction of sp³-hybridized carbons (Fsp3) is 0.200. The van der Waals surface area contributed by atoms with E-state index in [2.05, 4.69) is 10.1 Å². The van der Waals surface area contributed by atoms with Crippen molar-refractivity contribution in [3.8, 4) is 0 Å². The third-order valence-electron chi connectivity index (χ3n) is 1.88. The maximum Gasteiger partial charge on any atom is 0.325 e. The smallest absolute Gasteiger partial charge is 0.325 e. The van der Waals surface area contributed by atoms with Crippen LogP contribution in [0.5, 0.6) is 0 Å². The number of anilines is 1. The van der Waals surface area contributed by atoms with E-state index in [1.54, 1.807) is 18.2 Å². The van der Waals surface area contributed by atoms with E-state index in [0.29, 0.717) is 11.3 Å². The van der Waals surface area contributed by atoms with Crippen LogP contribution in [0.4, 0.5) is 5.69 Å². The molecule has 0 unspecified atom stereocenters. The number of rotatable bonds is 3. The minimum atomic E-state index is -0.488. The molecule has 1 rings (SSSR count). The van der Waals surface area contributed by atoms with Gasteiger partial charge in [-0.1, -0.05) is 0 Å². The lowest BCUT2D eigenvalue weighted by Crippen LogP contribution is -2.30. The molecule has 0 radical (unpaired) electrons. The normalized spacial score (nSPS) is 9.62. The maximum absolute atomic E-state index is 11.6. The monoisotopic (exact) mass is 334 g/mol. The van der Waals surface area contributed by atoms with Crippen LogP contribution < -0.4 is 11.1 Å². The molecule has 1 amide bonds. The number of nitrogens with two attached hydrogens (primary N) is 1. The third-order valence-corrected chi connectivity index (χ3v) is 2.82. The summed E-state index contributed by atoms with van der Waals surface area (Å²) in [7, 11) is 1.26. The Kier molecular flexibility index (Phi) is 4.53. The van der Waals surface area contributed by atoms with Crippen LogP contribution in [0.2, 0.25) is 0 Å². The Morgan fingerprint density at radius 3 is 2.75 bits per heavy atom. The number of ether oxygens (including phenoxy) is 1. The van der Waals surface area contributed by atoms with E-state index >= 15 is 0 Å². The predicted molar refractivity (Wildman–Crippen MR) is 67.9 cm³/mol. The molecule has 0 bridgehead atoms. The molecule has 0 aromatic heterocycles. The second-order valence-corrected chi connectivity index (χ2v) is 4.16. The fourth-order valence-corrected chi connectivity index (χ4v) is 1.51. The van der Waals surface area contributed by atoms with Gasteiger partial charge >= 0.3 is 5.97 Å². The molecule has 0 saturated heterocycles. The van der Waals surface area contributed by atoms with Crippen LogP contribution in [-0.4, -0.2) is 25.5 Å². The Hall–Kier alpha value is -1.31. The summed E-state index contributed by atoms with van der Waals surface area (Å²) in [4.78, 5) is 22.4. The topological polar surface area (TPSA) is 81.4 Å². The molecule has 86 valence electrons. The Bertz CT molecular complexity index is 421. The summed E-state index contributed by atoms with van der Waals surface area (Å²) in [6, 6.07) is 4.90. The van der Waals surface area contributed by atoms with Crippen molar-refractivity contribution in [2.45, 2.75) is 0 Å². The van der Waals surface area contributed by atoms with Crippen LogP contribution in [-0.2, 0) is 9.53 Å². The predicted octanol–water partition coefficient (Wildman–Crippen LogP) is 0.776. The maximum atomic E-state index is 11.6. The van der Waals surface area contributed by atoms with Gasteiger partial charge in [0.1, 0.15) is 6.54 Å². The molecule has 1 aromatic rings. The van der Waals surface area contributed by atoms with Crippen molar-refractivity contribution in [3.63, 3.8) is 0 Å². The molecule has 0 saturated carbocycles. The van der Waals surface area contributed by atoms with E-state index in [1.165, 1.54) is 7.11 Å². The average Bonchev–Trinajstić information content (AvgIpc) is 2.29. The second-order valence-electron chi connectivity index (χ2n) is 3.00. The summed E-state index contributed by atoms with van der Waals surface area (Å²) in [6.45, 7) is -0.143. The van der Waals surface area contributed by atoms with E-state index in [9.17, 15) is 9.59 Å². The zero-order valence-corrected chi connectivity index (χ0v) is 10.8. The van der Waals surface area contributed by atoms with Crippen molar-refractivity contribution in [1.29, 1.82) is 0 Å². The molecule has 0 spiro atoms. The zero-order valence-electron chi connectivity index (χ0n) is 8.62. The summed E-state index contributed by atoms with van der Waals surface area (Å²) in [5.41, 5.74) is 6.70. The van der Waals surface area contributed by atoms with Crippen LogP contribution in [0, 0.1) is 3.57 Å². The number of nitrogen functional groups attached to an aromatic ring is 1. The number of benzene rings is 1. The molecule has 5 nitrogen and oxygen atoms in total. The molecular weight excluding hydrogens is 323 g/mol. The second kappa shape index (κ2) is 5.69. The van der Waals surface area contributed by atoms with Gasteiger partial charge in [0, 0.05) is 14.8 Å². The van der Waals surface area contributed by atoms with E-state index in [4.69, 9.17) is 5.73 Å². The highest BCUT2D eigenvalue weighted by Gasteiger charge is 2.09. The number of methoxy groups -OCH3 is 1. The largest absolute Gasteiger partial charge is 0.468 e. The van der Waals surface area contributed by atoms with Gasteiger partial charge in [0.15, 0.2) is 0 Å². The molecule has 0 fully saturated rings. The van der Waals surface area contributed by atoms with Gasteiger partial charge in [-0.05, 0) is 40.8 Å². The van der Waals surface area contributed by atoms with E-state index < -0.39 is 5.97 Å². The summed E-state index contributed by atoms with van der Waals surface area (Å²) in [5.74, 6) is -0.818. The Labute approximate surface area is 106 Å². The third kappa shape index (κ3) is 3.37. The van der Waals surface area contributed by atoms with Gasteiger partial charge in [0.25, 0.3) is 5.91 Å². The van der Waals surface area contributed by atoms with Crippen LogP contribution in [0.15, 0.2) is 18.2 Å². The van der Waals surface area contributed by atoms with Crippen molar-refractivity contribution in [1.82, 2.24) is 5.32 Å². The van der Waals surface area contributed by atoms with Crippen molar-refractivity contribution in [2.75, 3.05) is 19.4 Å². The van der Waals surface area contributed by atoms with Crippen molar-refractivity contribution in [2.24, 2.45) is 0 Å². The molecule has 0 aliphatic rings. The first-order valence-electron chi connectivity index (χ1n) is 4.44. The van der Waals surface area contributed by atoms with Gasteiger partial charge in [-0.3, -0.25) is 9.59 Å². The van der Waals surface area contributed by atoms with Gasteiger partial charge in [-0.2, -0.15) is 0 Å². The molecule has 0 aliphatic carbocycles. The lowest BCUT2D eigenvalue weighted by Gasteiger charge is -2.05. The van der Waals surface area contributed by atoms with Gasteiger partial charge in [0.2, 0.25) is 0 Å². The first-order valence-corrected chi connectivity index (χ1v) is 5.52. The fourth-order valence-electron chi connectivity index (χ4n) is 0.995. The summed E-state index contributed by atoms with van der Waals surface area (Å²) < 4.78 is 5.20. The van der Waals surface area contributed by atoms with E-state index in [1.807, 2.05) is 22.6 Å². The Morgan fingerprint density at radius 1 is 1.50 bits per heavy atom. The summed E-state index contributed by atoms with van der Waals surface area (Å²) in [6.07, 6.45) is 0.